The minimum Gasteiger partial charge on any atom is -0.322 e. The van der Waals surface area contributed by atoms with E-state index in [1.165, 1.54) is 11.1 Å². The Labute approximate surface area is 118 Å². The molecule has 3 rings (SSSR count). The van der Waals surface area contributed by atoms with Crippen molar-refractivity contribution in [1.82, 2.24) is 9.78 Å². The summed E-state index contributed by atoms with van der Waals surface area (Å²) >= 11 is 6.26. The molecule has 1 aliphatic carbocycles. The van der Waals surface area contributed by atoms with E-state index >= 15 is 0 Å². The molecule has 1 aromatic carbocycles. The van der Waals surface area contributed by atoms with Gasteiger partial charge in [0.15, 0.2) is 0 Å². The average molecular weight is 276 g/mol. The first-order chi connectivity index (χ1) is 9.22. The van der Waals surface area contributed by atoms with Crippen molar-refractivity contribution in [1.29, 1.82) is 0 Å². The molecule has 1 aliphatic rings. The zero-order chi connectivity index (χ0) is 13.4. The molecule has 100 valence electrons. The molecular weight excluding hydrogens is 258 g/mol. The minimum atomic E-state index is -0.0727. The van der Waals surface area contributed by atoms with Crippen LogP contribution in [0.5, 0.6) is 0 Å². The van der Waals surface area contributed by atoms with Gasteiger partial charge in [-0.1, -0.05) is 42.8 Å². The lowest BCUT2D eigenvalue weighted by Gasteiger charge is -2.35. The van der Waals surface area contributed by atoms with E-state index in [0.717, 1.165) is 25.1 Å². The average Bonchev–Trinajstić information content (AvgIpc) is 2.72. The number of nitrogens with zero attached hydrogens (tertiary/aromatic N) is 2. The zero-order valence-corrected chi connectivity index (χ0v) is 11.8. The SMILES string of the molecule is CCCn1ncc(Cl)c1C(N)C1Cc2ccccc21. The van der Waals surface area contributed by atoms with Gasteiger partial charge in [-0.05, 0) is 24.0 Å². The molecule has 1 aromatic heterocycles. The standard InChI is InChI=1S/C15H18ClN3/c1-2-7-19-15(13(16)9-18-19)14(17)12-8-10-5-3-4-6-11(10)12/h3-6,9,12,14H,2,7-8,17H2,1H3. The van der Waals surface area contributed by atoms with Crippen LogP contribution in [0.4, 0.5) is 0 Å². The summed E-state index contributed by atoms with van der Waals surface area (Å²) in [4.78, 5) is 0. The first-order valence-corrected chi connectivity index (χ1v) is 7.14. The van der Waals surface area contributed by atoms with Crippen LogP contribution in [-0.4, -0.2) is 9.78 Å². The Morgan fingerprint density at radius 2 is 2.26 bits per heavy atom. The Morgan fingerprint density at radius 3 is 3.00 bits per heavy atom. The first kappa shape index (κ1) is 12.7. The van der Waals surface area contributed by atoms with Crippen molar-refractivity contribution >= 4 is 11.6 Å². The molecule has 0 fully saturated rings. The lowest BCUT2D eigenvalue weighted by Crippen LogP contribution is -2.31. The van der Waals surface area contributed by atoms with Crippen molar-refractivity contribution in [3.05, 3.63) is 52.3 Å². The molecule has 0 radical (unpaired) electrons. The summed E-state index contributed by atoms with van der Waals surface area (Å²) in [5.74, 6) is 0.362. The molecule has 0 aliphatic heterocycles. The lowest BCUT2D eigenvalue weighted by molar-refractivity contribution is 0.453. The number of benzene rings is 1. The molecule has 2 aromatic rings. The fraction of sp³-hybridized carbons (Fsp3) is 0.400. The fourth-order valence-corrected chi connectivity index (χ4v) is 3.17. The number of fused-ring (bicyclic) bond motifs is 1. The molecular formula is C15H18ClN3. The van der Waals surface area contributed by atoms with Crippen molar-refractivity contribution in [2.75, 3.05) is 0 Å². The predicted molar refractivity (Wildman–Crippen MR) is 77.3 cm³/mol. The zero-order valence-electron chi connectivity index (χ0n) is 11.0. The third kappa shape index (κ3) is 2.07. The molecule has 0 amide bonds. The van der Waals surface area contributed by atoms with Gasteiger partial charge in [0.1, 0.15) is 0 Å². The summed E-state index contributed by atoms with van der Waals surface area (Å²) < 4.78 is 1.95. The van der Waals surface area contributed by atoms with Crippen molar-refractivity contribution in [2.24, 2.45) is 5.73 Å². The van der Waals surface area contributed by atoms with Gasteiger partial charge >= 0.3 is 0 Å². The number of rotatable bonds is 4. The highest BCUT2D eigenvalue weighted by Crippen LogP contribution is 2.43. The van der Waals surface area contributed by atoms with E-state index in [4.69, 9.17) is 17.3 Å². The number of aromatic nitrogens is 2. The second kappa shape index (κ2) is 4.99. The summed E-state index contributed by atoms with van der Waals surface area (Å²) in [6, 6.07) is 8.41. The van der Waals surface area contributed by atoms with Crippen LogP contribution in [0.25, 0.3) is 0 Å². The lowest BCUT2D eigenvalue weighted by atomic mass is 9.73. The number of aryl methyl sites for hydroxylation is 1. The van der Waals surface area contributed by atoms with Crippen LogP contribution >= 0.6 is 11.6 Å². The van der Waals surface area contributed by atoms with Gasteiger partial charge in [0, 0.05) is 12.5 Å². The Morgan fingerprint density at radius 1 is 1.47 bits per heavy atom. The molecule has 19 heavy (non-hydrogen) atoms. The first-order valence-electron chi connectivity index (χ1n) is 6.77. The van der Waals surface area contributed by atoms with Crippen LogP contribution in [0.1, 0.15) is 42.1 Å². The number of hydrogen-bond acceptors (Lipinski definition) is 2. The second-order valence-electron chi connectivity index (χ2n) is 5.14. The monoisotopic (exact) mass is 275 g/mol. The van der Waals surface area contributed by atoms with E-state index in [1.807, 2.05) is 4.68 Å². The third-order valence-electron chi connectivity index (χ3n) is 3.91. The number of hydrogen-bond donors (Lipinski definition) is 1. The van der Waals surface area contributed by atoms with E-state index in [9.17, 15) is 0 Å². The summed E-state index contributed by atoms with van der Waals surface area (Å²) in [7, 11) is 0. The van der Waals surface area contributed by atoms with Crippen molar-refractivity contribution in [3.8, 4) is 0 Å². The molecule has 0 spiro atoms. The second-order valence-corrected chi connectivity index (χ2v) is 5.54. The van der Waals surface area contributed by atoms with E-state index in [0.29, 0.717) is 10.9 Å². The maximum absolute atomic E-state index is 6.45. The highest BCUT2D eigenvalue weighted by Gasteiger charge is 2.34. The van der Waals surface area contributed by atoms with Crippen LogP contribution in [0.3, 0.4) is 0 Å². The van der Waals surface area contributed by atoms with Crippen LogP contribution < -0.4 is 5.73 Å². The molecule has 3 nitrogen and oxygen atoms in total. The molecule has 0 saturated carbocycles. The van der Waals surface area contributed by atoms with Gasteiger partial charge in [-0.3, -0.25) is 4.68 Å². The van der Waals surface area contributed by atoms with Gasteiger partial charge in [-0.2, -0.15) is 5.10 Å². The molecule has 2 unspecified atom stereocenters. The molecule has 2 atom stereocenters. The van der Waals surface area contributed by atoms with Crippen LogP contribution in [0, 0.1) is 0 Å². The van der Waals surface area contributed by atoms with E-state index in [-0.39, 0.29) is 6.04 Å². The Bertz CT molecular complexity index is 591. The van der Waals surface area contributed by atoms with Gasteiger partial charge in [-0.15, -0.1) is 0 Å². The maximum Gasteiger partial charge on any atom is 0.0834 e. The van der Waals surface area contributed by atoms with Crippen LogP contribution in [0.2, 0.25) is 5.02 Å². The molecule has 0 saturated heterocycles. The highest BCUT2D eigenvalue weighted by molar-refractivity contribution is 6.31. The highest BCUT2D eigenvalue weighted by atomic mass is 35.5. The molecule has 0 bridgehead atoms. The Kier molecular flexibility index (Phi) is 3.33. The number of halogens is 1. The minimum absolute atomic E-state index is 0.0727. The normalized spacial score (nSPS) is 18.8. The van der Waals surface area contributed by atoms with Crippen LogP contribution in [0.15, 0.2) is 30.5 Å². The van der Waals surface area contributed by atoms with Crippen molar-refractivity contribution in [3.63, 3.8) is 0 Å². The maximum atomic E-state index is 6.45. The van der Waals surface area contributed by atoms with Gasteiger partial charge in [-0.25, -0.2) is 0 Å². The van der Waals surface area contributed by atoms with Crippen LogP contribution in [-0.2, 0) is 13.0 Å². The summed E-state index contributed by atoms with van der Waals surface area (Å²) in [6.07, 6.45) is 3.76. The molecule has 1 heterocycles. The van der Waals surface area contributed by atoms with E-state index < -0.39 is 0 Å². The van der Waals surface area contributed by atoms with Crippen molar-refractivity contribution < 1.29 is 0 Å². The molecule has 4 heteroatoms. The van der Waals surface area contributed by atoms with Gasteiger partial charge < -0.3 is 5.73 Å². The quantitative estimate of drug-likeness (QED) is 0.930. The van der Waals surface area contributed by atoms with Gasteiger partial charge in [0.2, 0.25) is 0 Å². The molecule has 2 N–H and O–H groups in total. The number of nitrogens with two attached hydrogens (primary N) is 1. The topological polar surface area (TPSA) is 43.8 Å². The van der Waals surface area contributed by atoms with Gasteiger partial charge in [0.05, 0.1) is 23.0 Å². The Hall–Kier alpha value is -1.32. The van der Waals surface area contributed by atoms with E-state index in [1.54, 1.807) is 6.20 Å². The summed E-state index contributed by atoms with van der Waals surface area (Å²) in [5.41, 5.74) is 10.2. The summed E-state index contributed by atoms with van der Waals surface area (Å²) in [5, 5.41) is 5.01. The smallest absolute Gasteiger partial charge is 0.0834 e. The third-order valence-corrected chi connectivity index (χ3v) is 4.20. The van der Waals surface area contributed by atoms with Crippen molar-refractivity contribution in [2.45, 2.75) is 38.3 Å². The van der Waals surface area contributed by atoms with E-state index in [2.05, 4.69) is 36.3 Å². The fourth-order valence-electron chi connectivity index (χ4n) is 2.90. The Balaban J connectivity index is 1.90. The largest absolute Gasteiger partial charge is 0.322 e. The summed E-state index contributed by atoms with van der Waals surface area (Å²) in [6.45, 7) is 2.99. The van der Waals surface area contributed by atoms with Gasteiger partial charge in [0.25, 0.3) is 0 Å². The predicted octanol–water partition coefficient (Wildman–Crippen LogP) is 3.29.